The first-order valence-corrected chi connectivity index (χ1v) is 5.79. The summed E-state index contributed by atoms with van der Waals surface area (Å²) < 4.78 is 5.17. The van der Waals surface area contributed by atoms with Crippen molar-refractivity contribution in [3.63, 3.8) is 0 Å². The van der Waals surface area contributed by atoms with Gasteiger partial charge in [0.15, 0.2) is 5.82 Å². The van der Waals surface area contributed by atoms with Crippen LogP contribution >= 0.6 is 0 Å². The molecule has 84 valence electrons. The van der Waals surface area contributed by atoms with Crippen molar-refractivity contribution in [3.8, 4) is 0 Å². The van der Waals surface area contributed by atoms with Crippen LogP contribution in [-0.4, -0.2) is 16.2 Å². The van der Waals surface area contributed by atoms with Gasteiger partial charge in [0.25, 0.3) is 0 Å². The summed E-state index contributed by atoms with van der Waals surface area (Å²) in [5, 5.41) is 7.31. The van der Waals surface area contributed by atoms with E-state index in [0.29, 0.717) is 12.0 Å². The number of hydrogen-bond donors (Lipinski definition) is 1. The van der Waals surface area contributed by atoms with Crippen LogP contribution in [0.1, 0.15) is 44.8 Å². The molecule has 0 atom stereocenters. The molecule has 1 aliphatic carbocycles. The van der Waals surface area contributed by atoms with E-state index in [2.05, 4.69) is 29.3 Å². The molecule has 1 N–H and O–H groups in total. The van der Waals surface area contributed by atoms with Gasteiger partial charge in [0, 0.05) is 12.5 Å². The summed E-state index contributed by atoms with van der Waals surface area (Å²) in [6.45, 7) is 5.15. The van der Waals surface area contributed by atoms with Crippen LogP contribution < -0.4 is 5.32 Å². The number of nitrogens with zero attached hydrogens (tertiary/aromatic N) is 2. The van der Waals surface area contributed by atoms with Crippen molar-refractivity contribution in [1.82, 2.24) is 15.5 Å². The highest BCUT2D eigenvalue weighted by molar-refractivity contribution is 4.89. The van der Waals surface area contributed by atoms with Crippen molar-refractivity contribution in [3.05, 3.63) is 11.7 Å². The van der Waals surface area contributed by atoms with E-state index in [1.54, 1.807) is 0 Å². The molecule has 1 aromatic heterocycles. The third-order valence-corrected chi connectivity index (χ3v) is 2.57. The first kappa shape index (κ1) is 10.6. The molecule has 4 heteroatoms. The Morgan fingerprint density at radius 3 is 2.93 bits per heavy atom. The van der Waals surface area contributed by atoms with Gasteiger partial charge in [-0.15, -0.1) is 0 Å². The molecule has 0 unspecified atom stereocenters. The van der Waals surface area contributed by atoms with Gasteiger partial charge in [-0.25, -0.2) is 0 Å². The van der Waals surface area contributed by atoms with E-state index < -0.39 is 0 Å². The van der Waals surface area contributed by atoms with Gasteiger partial charge in [0.2, 0.25) is 5.89 Å². The lowest BCUT2D eigenvalue weighted by Gasteiger charge is -1.98. The van der Waals surface area contributed by atoms with Gasteiger partial charge in [0.05, 0.1) is 6.54 Å². The Morgan fingerprint density at radius 2 is 2.27 bits per heavy atom. The zero-order chi connectivity index (χ0) is 10.7. The molecule has 0 spiro atoms. The lowest BCUT2D eigenvalue weighted by atomic mass is 10.1. The maximum absolute atomic E-state index is 5.17. The maximum atomic E-state index is 5.17. The highest BCUT2D eigenvalue weighted by Gasteiger charge is 2.20. The highest BCUT2D eigenvalue weighted by atomic mass is 16.5. The molecule has 1 aromatic rings. The molecule has 0 amide bonds. The van der Waals surface area contributed by atoms with Gasteiger partial charge in [-0.05, 0) is 25.2 Å². The number of nitrogens with one attached hydrogen (secondary N) is 1. The monoisotopic (exact) mass is 209 g/mol. The summed E-state index contributed by atoms with van der Waals surface area (Å²) in [5.41, 5.74) is 0. The van der Waals surface area contributed by atoms with Crippen molar-refractivity contribution in [1.29, 1.82) is 0 Å². The SMILES string of the molecule is CC(C)CCc1nc(CNC2CC2)no1. The normalized spacial score (nSPS) is 16.2. The van der Waals surface area contributed by atoms with E-state index in [9.17, 15) is 0 Å². The zero-order valence-electron chi connectivity index (χ0n) is 9.49. The first-order valence-electron chi connectivity index (χ1n) is 5.79. The number of rotatable bonds is 6. The maximum Gasteiger partial charge on any atom is 0.226 e. The van der Waals surface area contributed by atoms with Gasteiger partial charge >= 0.3 is 0 Å². The largest absolute Gasteiger partial charge is 0.339 e. The summed E-state index contributed by atoms with van der Waals surface area (Å²) >= 11 is 0. The fraction of sp³-hybridized carbons (Fsp3) is 0.818. The second kappa shape index (κ2) is 4.75. The smallest absolute Gasteiger partial charge is 0.226 e. The molecule has 1 fully saturated rings. The molecule has 15 heavy (non-hydrogen) atoms. The molecular weight excluding hydrogens is 190 g/mol. The van der Waals surface area contributed by atoms with Crippen molar-refractivity contribution in [2.24, 2.45) is 5.92 Å². The molecule has 0 aromatic carbocycles. The van der Waals surface area contributed by atoms with Crippen LogP contribution in [0.2, 0.25) is 0 Å². The van der Waals surface area contributed by atoms with E-state index in [0.717, 1.165) is 31.1 Å². The molecule has 0 aliphatic heterocycles. The summed E-state index contributed by atoms with van der Waals surface area (Å²) in [6.07, 6.45) is 4.59. The quantitative estimate of drug-likeness (QED) is 0.777. The van der Waals surface area contributed by atoms with E-state index >= 15 is 0 Å². The van der Waals surface area contributed by atoms with E-state index in [1.807, 2.05) is 0 Å². The topological polar surface area (TPSA) is 51.0 Å². The minimum absolute atomic E-state index is 0.685. The van der Waals surface area contributed by atoms with Gasteiger partial charge in [-0.3, -0.25) is 0 Å². The summed E-state index contributed by atoms with van der Waals surface area (Å²) in [5.74, 6) is 2.25. The molecule has 2 rings (SSSR count). The second-order valence-corrected chi connectivity index (χ2v) is 4.69. The van der Waals surface area contributed by atoms with Gasteiger partial charge in [-0.2, -0.15) is 4.98 Å². The number of aromatic nitrogens is 2. The minimum atomic E-state index is 0.685. The average Bonchev–Trinajstić information content (AvgIpc) is 2.92. The first-order chi connectivity index (χ1) is 7.24. The Hall–Kier alpha value is -0.900. The standard InChI is InChI=1S/C11H19N3O/c1-8(2)3-6-11-13-10(14-15-11)7-12-9-4-5-9/h8-9,12H,3-7H2,1-2H3. The van der Waals surface area contributed by atoms with Gasteiger partial charge < -0.3 is 9.84 Å². The molecule has 0 bridgehead atoms. The summed E-state index contributed by atoms with van der Waals surface area (Å²) in [4.78, 5) is 4.34. The Labute approximate surface area is 90.4 Å². The predicted molar refractivity (Wildman–Crippen MR) is 57.3 cm³/mol. The Morgan fingerprint density at radius 1 is 1.47 bits per heavy atom. The zero-order valence-corrected chi connectivity index (χ0v) is 9.49. The van der Waals surface area contributed by atoms with Gasteiger partial charge in [0.1, 0.15) is 0 Å². The lowest BCUT2D eigenvalue weighted by Crippen LogP contribution is -2.16. The Bertz CT molecular complexity index is 284. The van der Waals surface area contributed by atoms with Crippen molar-refractivity contribution in [2.45, 2.75) is 52.1 Å². The Kier molecular flexibility index (Phi) is 3.36. The molecule has 0 saturated heterocycles. The Balaban J connectivity index is 1.75. The molecular formula is C11H19N3O. The molecule has 0 radical (unpaired) electrons. The molecule has 4 nitrogen and oxygen atoms in total. The lowest BCUT2D eigenvalue weighted by molar-refractivity contribution is 0.362. The fourth-order valence-corrected chi connectivity index (χ4v) is 1.40. The van der Waals surface area contributed by atoms with Crippen LogP contribution in [0.4, 0.5) is 0 Å². The van der Waals surface area contributed by atoms with Crippen LogP contribution in [-0.2, 0) is 13.0 Å². The van der Waals surface area contributed by atoms with Crippen molar-refractivity contribution >= 4 is 0 Å². The van der Waals surface area contributed by atoms with E-state index in [1.165, 1.54) is 12.8 Å². The van der Waals surface area contributed by atoms with Crippen molar-refractivity contribution < 1.29 is 4.52 Å². The number of hydrogen-bond acceptors (Lipinski definition) is 4. The minimum Gasteiger partial charge on any atom is -0.339 e. The molecule has 1 saturated carbocycles. The van der Waals surface area contributed by atoms with Crippen LogP contribution in [0.3, 0.4) is 0 Å². The van der Waals surface area contributed by atoms with E-state index in [4.69, 9.17) is 4.52 Å². The van der Waals surface area contributed by atoms with Crippen LogP contribution in [0.5, 0.6) is 0 Å². The summed E-state index contributed by atoms with van der Waals surface area (Å²) in [6, 6.07) is 0.697. The van der Waals surface area contributed by atoms with Gasteiger partial charge in [-0.1, -0.05) is 19.0 Å². The fourth-order valence-electron chi connectivity index (χ4n) is 1.40. The molecule has 1 heterocycles. The average molecular weight is 209 g/mol. The predicted octanol–water partition coefficient (Wildman–Crippen LogP) is 1.91. The van der Waals surface area contributed by atoms with Crippen LogP contribution in [0.25, 0.3) is 0 Å². The third kappa shape index (κ3) is 3.63. The van der Waals surface area contributed by atoms with Crippen molar-refractivity contribution in [2.75, 3.05) is 0 Å². The third-order valence-electron chi connectivity index (χ3n) is 2.57. The van der Waals surface area contributed by atoms with Crippen LogP contribution in [0, 0.1) is 5.92 Å². The van der Waals surface area contributed by atoms with Crippen LogP contribution in [0.15, 0.2) is 4.52 Å². The second-order valence-electron chi connectivity index (χ2n) is 4.69. The number of aryl methyl sites for hydroxylation is 1. The van der Waals surface area contributed by atoms with E-state index in [-0.39, 0.29) is 0 Å². The molecule has 1 aliphatic rings. The highest BCUT2D eigenvalue weighted by Crippen LogP contribution is 2.18. The summed E-state index contributed by atoms with van der Waals surface area (Å²) in [7, 11) is 0.